The number of fused-ring (bicyclic) bond motifs is 1. The number of rotatable bonds is 2. The van der Waals surface area contributed by atoms with E-state index in [2.05, 4.69) is 74.5 Å². The molecule has 0 aliphatic carbocycles. The van der Waals surface area contributed by atoms with Gasteiger partial charge in [0.1, 0.15) is 0 Å². The summed E-state index contributed by atoms with van der Waals surface area (Å²) >= 11 is 13.6. The molecule has 0 amide bonds. The molecule has 0 fully saturated rings. The van der Waals surface area contributed by atoms with E-state index >= 15 is 0 Å². The van der Waals surface area contributed by atoms with Gasteiger partial charge in [0.25, 0.3) is 0 Å². The van der Waals surface area contributed by atoms with Crippen molar-refractivity contribution in [1.29, 1.82) is 0 Å². The first-order valence-corrected chi connectivity index (χ1v) is 9.35. The van der Waals surface area contributed by atoms with E-state index in [0.29, 0.717) is 10.0 Å². The second-order valence-corrected chi connectivity index (χ2v) is 7.41. The lowest BCUT2D eigenvalue weighted by molar-refractivity contribution is 1.47. The molecular formula is C24H18Cl2. The molecular weight excluding hydrogens is 359 g/mol. The maximum absolute atomic E-state index is 6.80. The average molecular weight is 377 g/mol. The summed E-state index contributed by atoms with van der Waals surface area (Å²) in [5, 5.41) is 3.43. The molecule has 0 nitrogen and oxygen atoms in total. The maximum atomic E-state index is 6.80. The van der Waals surface area contributed by atoms with Gasteiger partial charge in [0.2, 0.25) is 0 Å². The minimum atomic E-state index is 0.602. The highest BCUT2D eigenvalue weighted by molar-refractivity contribution is 6.47. The summed E-state index contributed by atoms with van der Waals surface area (Å²) in [4.78, 5) is 0. The van der Waals surface area contributed by atoms with E-state index in [1.807, 2.05) is 12.1 Å². The Bertz CT molecular complexity index is 1000. The topological polar surface area (TPSA) is 0 Å². The van der Waals surface area contributed by atoms with Crippen LogP contribution in [0.5, 0.6) is 0 Å². The lowest BCUT2D eigenvalue weighted by Crippen LogP contribution is -1.90. The molecule has 2 heteroatoms. The quantitative estimate of drug-likeness (QED) is 0.331. The third-order valence-corrected chi connectivity index (χ3v) is 5.63. The molecule has 0 bridgehead atoms. The summed E-state index contributed by atoms with van der Waals surface area (Å²) in [5.74, 6) is 0. The highest BCUT2D eigenvalue weighted by Gasteiger charge is 2.19. The lowest BCUT2D eigenvalue weighted by atomic mass is 9.91. The van der Waals surface area contributed by atoms with Gasteiger partial charge < -0.3 is 0 Å². The summed E-state index contributed by atoms with van der Waals surface area (Å²) in [7, 11) is 0. The van der Waals surface area contributed by atoms with Gasteiger partial charge in [-0.2, -0.15) is 0 Å². The van der Waals surface area contributed by atoms with Crippen LogP contribution in [-0.2, 0) is 0 Å². The smallest absolute Gasteiger partial charge is 0.0683 e. The predicted molar refractivity (Wildman–Crippen MR) is 114 cm³/mol. The molecule has 0 saturated heterocycles. The third-order valence-electron chi connectivity index (χ3n) is 4.78. The Morgan fingerprint density at radius 2 is 0.846 bits per heavy atom. The fourth-order valence-corrected chi connectivity index (χ4v) is 3.99. The van der Waals surface area contributed by atoms with Crippen LogP contribution in [0.25, 0.3) is 33.0 Å². The van der Waals surface area contributed by atoms with Crippen LogP contribution in [-0.4, -0.2) is 0 Å². The van der Waals surface area contributed by atoms with E-state index < -0.39 is 0 Å². The third kappa shape index (κ3) is 2.90. The fourth-order valence-electron chi connectivity index (χ4n) is 3.38. The minimum Gasteiger partial charge on any atom is -0.0820 e. The Hall–Kier alpha value is -2.28. The number of hydrogen-bond donors (Lipinski definition) is 0. The van der Waals surface area contributed by atoms with Gasteiger partial charge in [-0.15, -0.1) is 0 Å². The van der Waals surface area contributed by atoms with Gasteiger partial charge in [0.05, 0.1) is 10.0 Å². The minimum absolute atomic E-state index is 0.602. The normalized spacial score (nSPS) is 11.1. The zero-order valence-electron chi connectivity index (χ0n) is 14.7. The van der Waals surface area contributed by atoms with Crippen molar-refractivity contribution in [3.05, 3.63) is 94.0 Å². The van der Waals surface area contributed by atoms with Crippen molar-refractivity contribution in [3.8, 4) is 22.3 Å². The zero-order valence-corrected chi connectivity index (χ0v) is 16.2. The van der Waals surface area contributed by atoms with Crippen molar-refractivity contribution in [2.24, 2.45) is 0 Å². The molecule has 0 radical (unpaired) electrons. The molecule has 0 unspecified atom stereocenters. The van der Waals surface area contributed by atoms with Crippen molar-refractivity contribution in [2.75, 3.05) is 0 Å². The fraction of sp³-hybridized carbons (Fsp3) is 0.0833. The SMILES string of the molecule is Cc1ccc(-c2c(Cl)c(Cl)c(-c3ccc(C)cc3)c3ccccc23)cc1. The van der Waals surface area contributed by atoms with E-state index in [4.69, 9.17) is 23.2 Å². The highest BCUT2D eigenvalue weighted by Crippen LogP contribution is 2.46. The highest BCUT2D eigenvalue weighted by atomic mass is 35.5. The Balaban J connectivity index is 2.08. The van der Waals surface area contributed by atoms with Crippen molar-refractivity contribution < 1.29 is 0 Å². The first kappa shape index (κ1) is 17.1. The van der Waals surface area contributed by atoms with E-state index in [1.54, 1.807) is 0 Å². The second-order valence-electron chi connectivity index (χ2n) is 6.66. The summed E-state index contributed by atoms with van der Waals surface area (Å²) in [5.41, 5.74) is 6.57. The Labute approximate surface area is 164 Å². The maximum Gasteiger partial charge on any atom is 0.0683 e. The summed E-state index contributed by atoms with van der Waals surface area (Å²) in [6, 6.07) is 25.1. The van der Waals surface area contributed by atoms with Gasteiger partial charge in [-0.25, -0.2) is 0 Å². The van der Waals surface area contributed by atoms with E-state index in [9.17, 15) is 0 Å². The van der Waals surface area contributed by atoms with Crippen LogP contribution in [0.1, 0.15) is 11.1 Å². The Morgan fingerprint density at radius 1 is 0.500 bits per heavy atom. The molecule has 128 valence electrons. The number of benzene rings is 4. The predicted octanol–water partition coefficient (Wildman–Crippen LogP) is 8.10. The molecule has 0 atom stereocenters. The zero-order chi connectivity index (χ0) is 18.3. The van der Waals surface area contributed by atoms with Crippen molar-refractivity contribution in [1.82, 2.24) is 0 Å². The van der Waals surface area contributed by atoms with Crippen LogP contribution in [0.2, 0.25) is 10.0 Å². The van der Waals surface area contributed by atoms with E-state index in [1.165, 1.54) is 11.1 Å². The summed E-state index contributed by atoms with van der Waals surface area (Å²) in [6.45, 7) is 4.16. The molecule has 4 aromatic carbocycles. The van der Waals surface area contributed by atoms with Gasteiger partial charge in [-0.05, 0) is 35.7 Å². The Kier molecular flexibility index (Phi) is 4.48. The van der Waals surface area contributed by atoms with E-state index in [-0.39, 0.29) is 0 Å². The molecule has 0 aromatic heterocycles. The Morgan fingerprint density at radius 3 is 1.19 bits per heavy atom. The first-order valence-electron chi connectivity index (χ1n) is 8.60. The van der Waals surface area contributed by atoms with Crippen LogP contribution in [0, 0.1) is 13.8 Å². The van der Waals surface area contributed by atoms with Gasteiger partial charge in [0.15, 0.2) is 0 Å². The van der Waals surface area contributed by atoms with Gasteiger partial charge in [-0.1, -0.05) is 107 Å². The number of halogens is 2. The summed E-state index contributed by atoms with van der Waals surface area (Å²) in [6.07, 6.45) is 0. The molecule has 4 aromatic rings. The first-order chi connectivity index (χ1) is 12.6. The van der Waals surface area contributed by atoms with Crippen LogP contribution in [0.3, 0.4) is 0 Å². The van der Waals surface area contributed by atoms with Gasteiger partial charge >= 0.3 is 0 Å². The van der Waals surface area contributed by atoms with Crippen LogP contribution >= 0.6 is 23.2 Å². The second kappa shape index (κ2) is 6.79. The van der Waals surface area contributed by atoms with Crippen molar-refractivity contribution >= 4 is 34.0 Å². The number of hydrogen-bond acceptors (Lipinski definition) is 0. The van der Waals surface area contributed by atoms with Crippen molar-refractivity contribution in [2.45, 2.75) is 13.8 Å². The van der Waals surface area contributed by atoms with Crippen LogP contribution in [0.15, 0.2) is 72.8 Å². The van der Waals surface area contributed by atoms with E-state index in [0.717, 1.165) is 33.0 Å². The molecule has 4 rings (SSSR count). The molecule has 0 N–H and O–H groups in total. The molecule has 0 aliphatic rings. The average Bonchev–Trinajstić information content (AvgIpc) is 2.65. The molecule has 0 saturated carbocycles. The molecule has 0 spiro atoms. The van der Waals surface area contributed by atoms with Gasteiger partial charge in [-0.3, -0.25) is 0 Å². The lowest BCUT2D eigenvalue weighted by Gasteiger charge is -2.17. The van der Waals surface area contributed by atoms with Crippen LogP contribution < -0.4 is 0 Å². The van der Waals surface area contributed by atoms with Crippen molar-refractivity contribution in [3.63, 3.8) is 0 Å². The molecule has 26 heavy (non-hydrogen) atoms. The van der Waals surface area contributed by atoms with Gasteiger partial charge in [0, 0.05) is 11.1 Å². The molecule has 0 heterocycles. The monoisotopic (exact) mass is 376 g/mol. The standard InChI is InChI=1S/C24H18Cl2/c1-15-7-11-17(12-8-15)21-19-5-3-4-6-20(19)22(24(26)23(21)25)18-13-9-16(2)10-14-18/h3-14H,1-2H3. The summed E-state index contributed by atoms with van der Waals surface area (Å²) < 4.78 is 0. The molecule has 0 aliphatic heterocycles. The largest absolute Gasteiger partial charge is 0.0820 e. The van der Waals surface area contributed by atoms with Crippen LogP contribution in [0.4, 0.5) is 0 Å². The number of aryl methyl sites for hydroxylation is 2.